The summed E-state index contributed by atoms with van der Waals surface area (Å²) in [4.78, 5) is 13.0. The van der Waals surface area contributed by atoms with Gasteiger partial charge in [0, 0.05) is 22.2 Å². The molecule has 3 aromatic rings. The van der Waals surface area contributed by atoms with Crippen LogP contribution in [0.5, 0.6) is 0 Å². The lowest BCUT2D eigenvalue weighted by molar-refractivity contribution is -0.118. The van der Waals surface area contributed by atoms with Crippen molar-refractivity contribution in [3.05, 3.63) is 52.3 Å². The van der Waals surface area contributed by atoms with Crippen LogP contribution in [0, 0.1) is 0 Å². The normalized spacial score (nSPS) is 17.4. The van der Waals surface area contributed by atoms with Gasteiger partial charge in [-0.2, -0.15) is 0 Å². The van der Waals surface area contributed by atoms with E-state index in [0.717, 1.165) is 55.3 Å². The van der Waals surface area contributed by atoms with Gasteiger partial charge in [0.25, 0.3) is 0 Å². The first-order chi connectivity index (χ1) is 13.2. The third-order valence-electron chi connectivity index (χ3n) is 5.50. The third kappa shape index (κ3) is 2.84. The molecule has 0 atom stereocenters. The van der Waals surface area contributed by atoms with Crippen molar-refractivity contribution in [2.24, 2.45) is 0 Å². The second-order valence-corrected chi connectivity index (χ2v) is 7.70. The van der Waals surface area contributed by atoms with Crippen molar-refractivity contribution in [2.75, 3.05) is 5.32 Å². The van der Waals surface area contributed by atoms with Crippen LogP contribution in [0.25, 0.3) is 11.3 Å². The summed E-state index contributed by atoms with van der Waals surface area (Å²) in [5.41, 5.74) is 2.87. The Hall–Kier alpha value is -2.60. The van der Waals surface area contributed by atoms with Gasteiger partial charge in [0.1, 0.15) is 0 Å². The van der Waals surface area contributed by atoms with Crippen LogP contribution in [0.1, 0.15) is 42.6 Å². The van der Waals surface area contributed by atoms with Gasteiger partial charge in [-0.05, 0) is 62.8 Å². The maximum absolute atomic E-state index is 13.0. The molecule has 1 fully saturated rings. The number of nitrogens with zero attached hydrogens (tertiary/aromatic N) is 2. The summed E-state index contributed by atoms with van der Waals surface area (Å²) in [6.45, 7) is 0. The Balaban J connectivity index is 1.38. The first-order valence-electron chi connectivity index (χ1n) is 9.18. The Kier molecular flexibility index (Phi) is 3.82. The van der Waals surface area contributed by atoms with E-state index >= 15 is 0 Å². The largest absolute Gasteiger partial charge is 0.356 e. The van der Waals surface area contributed by atoms with Crippen LogP contribution >= 0.6 is 11.6 Å². The predicted molar refractivity (Wildman–Crippen MR) is 99.6 cm³/mol. The second-order valence-electron chi connectivity index (χ2n) is 7.26. The van der Waals surface area contributed by atoms with Gasteiger partial charge >= 0.3 is 0 Å². The number of carbonyl (C=O) groups excluding carboxylic acids is 1. The van der Waals surface area contributed by atoms with E-state index in [1.54, 1.807) is 12.1 Å². The minimum atomic E-state index is -0.650. The Morgan fingerprint density at radius 1 is 1.07 bits per heavy atom. The van der Waals surface area contributed by atoms with Gasteiger partial charge < -0.3 is 9.05 Å². The molecule has 0 bridgehead atoms. The van der Waals surface area contributed by atoms with Gasteiger partial charge in [-0.3, -0.25) is 10.1 Å². The number of rotatable bonds is 4. The molecule has 0 unspecified atom stereocenters. The lowest BCUT2D eigenvalue weighted by atomic mass is 9.97. The second kappa shape index (κ2) is 6.23. The number of amides is 1. The molecule has 7 heteroatoms. The minimum Gasteiger partial charge on any atom is -0.356 e. The maximum Gasteiger partial charge on any atom is 0.239 e. The van der Waals surface area contributed by atoms with Crippen molar-refractivity contribution in [3.63, 3.8) is 0 Å². The van der Waals surface area contributed by atoms with Crippen molar-refractivity contribution in [2.45, 2.75) is 43.9 Å². The highest BCUT2D eigenvalue weighted by Crippen LogP contribution is 2.49. The molecule has 2 aliphatic rings. The number of aryl methyl sites for hydroxylation is 1. The Bertz CT molecular complexity index is 1000. The zero-order chi connectivity index (χ0) is 18.4. The molecule has 27 heavy (non-hydrogen) atoms. The highest BCUT2D eigenvalue weighted by atomic mass is 35.5. The molecular weight excluding hydrogens is 366 g/mol. The smallest absolute Gasteiger partial charge is 0.239 e. The molecular formula is C20H18ClN3O3. The fourth-order valence-electron chi connectivity index (χ4n) is 3.69. The summed E-state index contributed by atoms with van der Waals surface area (Å²) < 4.78 is 10.9. The van der Waals surface area contributed by atoms with Crippen LogP contribution < -0.4 is 5.32 Å². The summed E-state index contributed by atoms with van der Waals surface area (Å²) in [7, 11) is 0. The van der Waals surface area contributed by atoms with Gasteiger partial charge in [0.2, 0.25) is 11.8 Å². The lowest BCUT2D eigenvalue weighted by Crippen LogP contribution is -2.28. The molecule has 0 spiro atoms. The Morgan fingerprint density at radius 2 is 1.85 bits per heavy atom. The molecule has 138 valence electrons. The molecule has 1 amide bonds. The van der Waals surface area contributed by atoms with Crippen LogP contribution in [0.2, 0.25) is 5.02 Å². The van der Waals surface area contributed by atoms with Gasteiger partial charge in [0.05, 0.1) is 16.8 Å². The molecule has 1 aromatic carbocycles. The fraction of sp³-hybridized carbons (Fsp3) is 0.350. The van der Waals surface area contributed by atoms with Crippen LogP contribution in [-0.2, 0) is 23.1 Å². The summed E-state index contributed by atoms with van der Waals surface area (Å²) >= 11 is 5.93. The maximum atomic E-state index is 13.0. The average molecular weight is 384 g/mol. The summed E-state index contributed by atoms with van der Waals surface area (Å²) in [5, 5.41) is 11.9. The third-order valence-corrected chi connectivity index (χ3v) is 5.75. The van der Waals surface area contributed by atoms with Crippen molar-refractivity contribution in [1.82, 2.24) is 10.3 Å². The topological polar surface area (TPSA) is 81.2 Å². The number of aromatic nitrogens is 2. The van der Waals surface area contributed by atoms with Gasteiger partial charge in [0.15, 0.2) is 5.76 Å². The zero-order valence-corrected chi connectivity index (χ0v) is 15.4. The molecule has 2 aliphatic carbocycles. The molecule has 1 N–H and O–H groups in total. The van der Waals surface area contributed by atoms with Crippen LogP contribution in [-0.4, -0.2) is 16.2 Å². The monoisotopic (exact) mass is 383 g/mol. The highest BCUT2D eigenvalue weighted by molar-refractivity contribution is 6.30. The van der Waals surface area contributed by atoms with Gasteiger partial charge in [-0.25, -0.2) is 0 Å². The first-order valence-corrected chi connectivity index (χ1v) is 9.55. The summed E-state index contributed by atoms with van der Waals surface area (Å²) in [5.74, 6) is 1.00. The van der Waals surface area contributed by atoms with E-state index in [4.69, 9.17) is 20.6 Å². The van der Waals surface area contributed by atoms with Crippen LogP contribution in [0.4, 0.5) is 5.88 Å². The van der Waals surface area contributed by atoms with Crippen molar-refractivity contribution in [1.29, 1.82) is 0 Å². The molecule has 6 nitrogen and oxygen atoms in total. The molecule has 1 saturated carbocycles. The summed E-state index contributed by atoms with van der Waals surface area (Å²) in [6.07, 6.45) is 5.49. The number of benzene rings is 1. The molecule has 2 aromatic heterocycles. The molecule has 0 aliphatic heterocycles. The number of hydrogen-bond acceptors (Lipinski definition) is 5. The Morgan fingerprint density at radius 3 is 2.63 bits per heavy atom. The van der Waals surface area contributed by atoms with Crippen molar-refractivity contribution < 1.29 is 13.8 Å². The SMILES string of the molecule is O=C(Nc1onc2c1CCCC2)C1(c2cc(-c3ccc(Cl)cc3)on2)CC1. The van der Waals surface area contributed by atoms with E-state index < -0.39 is 5.41 Å². The van der Waals surface area contributed by atoms with E-state index in [0.29, 0.717) is 22.4 Å². The van der Waals surface area contributed by atoms with Crippen molar-refractivity contribution >= 4 is 23.4 Å². The standard InChI is InChI=1S/C20H18ClN3O3/c21-13-7-5-12(6-8-13)16-11-17(24-26-16)20(9-10-20)19(25)22-18-14-3-1-2-4-15(14)23-27-18/h5-8,11H,1-4,9-10H2,(H,22,25). The first kappa shape index (κ1) is 16.6. The number of fused-ring (bicyclic) bond motifs is 1. The molecule has 2 heterocycles. The Labute approximate surface area is 160 Å². The average Bonchev–Trinajstić information content (AvgIpc) is 3.18. The number of anilines is 1. The van der Waals surface area contributed by atoms with E-state index in [9.17, 15) is 4.79 Å². The lowest BCUT2D eigenvalue weighted by Gasteiger charge is -2.13. The number of nitrogens with one attached hydrogen (secondary N) is 1. The fourth-order valence-corrected chi connectivity index (χ4v) is 3.81. The quantitative estimate of drug-likeness (QED) is 0.715. The van der Waals surface area contributed by atoms with E-state index in [1.165, 1.54) is 0 Å². The number of carbonyl (C=O) groups is 1. The predicted octanol–water partition coefficient (Wildman–Crippen LogP) is 4.53. The summed E-state index contributed by atoms with van der Waals surface area (Å²) in [6, 6.07) is 9.17. The van der Waals surface area contributed by atoms with E-state index in [2.05, 4.69) is 15.6 Å². The zero-order valence-electron chi connectivity index (χ0n) is 14.6. The minimum absolute atomic E-state index is 0.108. The van der Waals surface area contributed by atoms with Gasteiger partial charge in [-0.1, -0.05) is 21.9 Å². The number of hydrogen-bond donors (Lipinski definition) is 1. The highest BCUT2D eigenvalue weighted by Gasteiger charge is 2.54. The van der Waals surface area contributed by atoms with E-state index in [1.807, 2.05) is 18.2 Å². The van der Waals surface area contributed by atoms with Crippen molar-refractivity contribution in [3.8, 4) is 11.3 Å². The molecule has 5 rings (SSSR count). The van der Waals surface area contributed by atoms with Crippen LogP contribution in [0.15, 0.2) is 39.4 Å². The molecule has 0 radical (unpaired) electrons. The van der Waals surface area contributed by atoms with Crippen LogP contribution in [0.3, 0.4) is 0 Å². The molecule has 0 saturated heterocycles. The number of halogens is 1. The van der Waals surface area contributed by atoms with E-state index in [-0.39, 0.29) is 5.91 Å². The van der Waals surface area contributed by atoms with Gasteiger partial charge in [-0.15, -0.1) is 0 Å².